The van der Waals surface area contributed by atoms with Crippen LogP contribution in [0.2, 0.25) is 38.3 Å². The maximum atomic E-state index is 9.14. The van der Waals surface area contributed by atoms with E-state index in [1.54, 1.807) is 21.3 Å². The van der Waals surface area contributed by atoms with Crippen LogP contribution in [0, 0.1) is 0 Å². The van der Waals surface area contributed by atoms with Crippen LogP contribution in [0.25, 0.3) is 0 Å². The van der Waals surface area contributed by atoms with E-state index in [0.29, 0.717) is 18.5 Å². The predicted octanol–water partition coefficient (Wildman–Crippen LogP) is 5.97. The van der Waals surface area contributed by atoms with Crippen LogP contribution in [0.3, 0.4) is 0 Å². The number of unbranched alkanes of at least 4 members (excludes halogenated alkanes) is 26. The number of nitrogens with zero attached hydrogens (tertiary/aromatic N) is 2. The zero-order valence-electron chi connectivity index (χ0n) is 55.5. The maximum absolute atomic E-state index is 9.14. The number of halogens is 2. The average molecular weight is 1290 g/mol. The molecule has 0 spiro atoms. The van der Waals surface area contributed by atoms with Crippen molar-refractivity contribution in [3.05, 3.63) is 0 Å². The standard InChI is InChI=1S/C26H58NO3Si.C23H52NO3Si.C4H12O4Si.C4H12Si.2ClH.H4O4Si/c1-8-9-10-11-12-13-14-15-16-17-18-19-20-21-23-26(2)27(3,4)24-22-25-31(28-5,29-6)30-7;1-5-6-7-8-9-10-11-12-13-14-15-16-17-18-20-23(2)24(3,4)21-19-22-28(25,26)27;1-6-9(4-5,7-2)8-3;1-5(2,3)4;;;1-5(2,3)4/h26H,8-25H2,1-7H3;23,25-27H,5-22H2,1-4H3;5H,4H2,1-3H3;1-4H3;2*1H;1-4H/q2*+1;;;;;/p-2. The van der Waals surface area contributed by atoms with Crippen molar-refractivity contribution in [2.45, 2.75) is 284 Å². The molecule has 0 fully saturated rings. The first-order chi connectivity index (χ1) is 36.3. The lowest BCUT2D eigenvalue weighted by atomic mass is 10.0. The van der Waals surface area contributed by atoms with Gasteiger partial charge in [0.25, 0.3) is 0 Å². The minimum atomic E-state index is -4.61. The summed E-state index contributed by atoms with van der Waals surface area (Å²) in [5.41, 5.74) is 0. The Morgan fingerprint density at radius 3 is 0.725 bits per heavy atom. The van der Waals surface area contributed by atoms with Crippen molar-refractivity contribution in [3.8, 4) is 0 Å². The molecule has 0 radical (unpaired) electrons. The van der Waals surface area contributed by atoms with Crippen LogP contribution in [0.1, 0.15) is 233 Å². The summed E-state index contributed by atoms with van der Waals surface area (Å²) in [7, 11) is 4.49. The van der Waals surface area contributed by atoms with Gasteiger partial charge >= 0.3 is 35.5 Å². The number of quaternary nitrogens is 2. The minimum Gasteiger partial charge on any atom is -1.00 e. The molecule has 8 N–H and O–H groups in total. The molecule has 2 unspecified atom stereocenters. The Kier molecular flexibility index (Phi) is 69.8. The van der Waals surface area contributed by atoms with Crippen LogP contribution in [-0.4, -0.2) is 193 Å². The summed E-state index contributed by atoms with van der Waals surface area (Å²) in [6, 6.07) is 2.31. The highest BCUT2D eigenvalue weighted by atomic mass is 35.5. The number of rotatable bonds is 47. The average Bonchev–Trinajstić information content (AvgIpc) is 3.35. The van der Waals surface area contributed by atoms with Gasteiger partial charge in [0.05, 0.1) is 53.4 Å². The fourth-order valence-corrected chi connectivity index (χ4v) is 12.1. The van der Waals surface area contributed by atoms with Crippen molar-refractivity contribution in [2.24, 2.45) is 0 Å². The topological polar surface area (TPSA) is 217 Å². The zero-order valence-corrected chi connectivity index (χ0v) is 62.0. The van der Waals surface area contributed by atoms with Crippen LogP contribution < -0.4 is 24.8 Å². The van der Waals surface area contributed by atoms with Crippen molar-refractivity contribution >= 4 is 43.5 Å². The molecule has 0 aliphatic carbocycles. The second-order valence-electron chi connectivity index (χ2n) is 24.8. The largest absolute Gasteiger partial charge is 1.00 e. The van der Waals surface area contributed by atoms with Crippen LogP contribution in [0.5, 0.6) is 0 Å². The normalized spacial score (nSPS) is 13.0. The molecule has 80 heavy (non-hydrogen) atoms. The Morgan fingerprint density at radius 1 is 0.350 bits per heavy atom. The Labute approximate surface area is 513 Å². The van der Waals surface area contributed by atoms with E-state index in [4.69, 9.17) is 65.2 Å². The summed E-state index contributed by atoms with van der Waals surface area (Å²) in [5.74, 6) is 0. The summed E-state index contributed by atoms with van der Waals surface area (Å²) < 4.78 is 33.1. The minimum absolute atomic E-state index is 0. The molecule has 16 nitrogen and oxygen atoms in total. The number of aliphatic hydroxyl groups excluding tert-OH is 1. The lowest BCUT2D eigenvalue weighted by Gasteiger charge is -2.37. The first kappa shape index (κ1) is 94.7. The Morgan fingerprint density at radius 2 is 0.550 bits per heavy atom. The Bertz CT molecular complexity index is 1190. The van der Waals surface area contributed by atoms with E-state index >= 15 is 0 Å². The second-order valence-corrected chi connectivity index (χ2v) is 40.0. The van der Waals surface area contributed by atoms with Gasteiger partial charge in [-0.25, -0.2) is 0 Å². The van der Waals surface area contributed by atoms with Crippen molar-refractivity contribution < 1.29 is 99.0 Å². The van der Waals surface area contributed by atoms with Gasteiger partial charge in [-0.1, -0.05) is 207 Å². The molecule has 0 aromatic carbocycles. The number of hydrogen-bond donors (Lipinski definition) is 8. The molecule has 0 aliphatic rings. The summed E-state index contributed by atoms with van der Waals surface area (Å²) in [5, 5.41) is 8.66. The van der Waals surface area contributed by atoms with E-state index in [2.05, 4.69) is 82.1 Å². The van der Waals surface area contributed by atoms with Gasteiger partial charge in [-0.05, 0) is 39.5 Å². The molecule has 494 valence electrons. The van der Waals surface area contributed by atoms with Crippen LogP contribution in [-0.2, 0) is 26.6 Å². The number of aliphatic hydroxyl groups is 1. The van der Waals surface area contributed by atoms with Crippen molar-refractivity contribution in [3.63, 3.8) is 0 Å². The highest BCUT2D eigenvalue weighted by molar-refractivity contribution is 6.74. The molecule has 0 rings (SSSR count). The molecule has 0 saturated carbocycles. The van der Waals surface area contributed by atoms with Crippen LogP contribution >= 0.6 is 0 Å². The van der Waals surface area contributed by atoms with Gasteiger partial charge in [0.1, 0.15) is 6.23 Å². The quantitative estimate of drug-likeness (QED) is 0.0200. The lowest BCUT2D eigenvalue weighted by Crippen LogP contribution is -3.00. The second kappa shape index (κ2) is 59.0. The third-order valence-corrected chi connectivity index (χ3v) is 21.0. The molecule has 0 aromatic heterocycles. The maximum Gasteiger partial charge on any atom is 0.668 e. The number of hydrogen-bond acceptors (Lipinski definition) is 14. The summed E-state index contributed by atoms with van der Waals surface area (Å²) >= 11 is 0. The fourth-order valence-electron chi connectivity index (χ4n) is 8.83. The van der Waals surface area contributed by atoms with E-state index in [1.165, 1.54) is 214 Å². The first-order valence-electron chi connectivity index (χ1n) is 30.9. The molecule has 0 saturated heterocycles. The monoisotopic (exact) mass is 1280 g/mol. The molecule has 23 heteroatoms. The molecule has 0 amide bonds. The lowest BCUT2D eigenvalue weighted by molar-refractivity contribution is -0.913. The zero-order chi connectivity index (χ0) is 61.1. The van der Waals surface area contributed by atoms with Crippen molar-refractivity contribution in [1.29, 1.82) is 0 Å². The van der Waals surface area contributed by atoms with E-state index in [0.717, 1.165) is 34.5 Å². The van der Waals surface area contributed by atoms with Crippen molar-refractivity contribution in [2.75, 3.05) is 90.2 Å². The van der Waals surface area contributed by atoms with Gasteiger partial charge in [0.15, 0.2) is 0 Å². The van der Waals surface area contributed by atoms with Gasteiger partial charge < -0.3 is 99.0 Å². The van der Waals surface area contributed by atoms with Crippen molar-refractivity contribution in [1.82, 2.24) is 0 Å². The molecule has 0 heterocycles. The predicted molar refractivity (Wildman–Crippen MR) is 338 cm³/mol. The molecule has 0 aliphatic heterocycles. The third kappa shape index (κ3) is 71.5. The van der Waals surface area contributed by atoms with E-state index in [1.807, 2.05) is 0 Å². The summed E-state index contributed by atoms with van der Waals surface area (Å²) in [6.07, 6.45) is 43.7. The SMILES string of the molecule is CCCCCCCCCCCCCCCCC(C)[N+](C)(C)CCC[Si](O)(O)O.CCCCCCCCCCCCCCCCC(C)[N+](C)(C)CCC[Si](OC)(OC)OC.CO[Si](CO)(OC)OC.C[Si](C)(C)C.O[Si](O)(O)O.[Cl-].[Cl-]. The van der Waals surface area contributed by atoms with Gasteiger partial charge in [0, 0.05) is 75.7 Å². The van der Waals surface area contributed by atoms with Gasteiger partial charge in [0.2, 0.25) is 0 Å². The van der Waals surface area contributed by atoms with E-state index < -0.39 is 43.5 Å². The van der Waals surface area contributed by atoms with Gasteiger partial charge in [-0.2, -0.15) is 0 Å². The Balaban J connectivity index is -0.000000197. The molecule has 2 atom stereocenters. The third-order valence-electron chi connectivity index (χ3n) is 14.9. The molecule has 0 bridgehead atoms. The van der Waals surface area contributed by atoms with Gasteiger partial charge in [-0.3, -0.25) is 0 Å². The highest BCUT2D eigenvalue weighted by Crippen LogP contribution is 2.22. The molecular formula is C57H138Cl2N2O14Si5. The molecular weight excluding hydrogens is 1150 g/mol. The summed E-state index contributed by atoms with van der Waals surface area (Å²) in [4.78, 5) is 56.7. The first-order valence-corrected chi connectivity index (χ1v) is 42.6. The van der Waals surface area contributed by atoms with E-state index in [-0.39, 0.29) is 37.1 Å². The highest BCUT2D eigenvalue weighted by Gasteiger charge is 2.39. The molecule has 0 aromatic rings. The van der Waals surface area contributed by atoms with Crippen LogP contribution in [0.15, 0.2) is 0 Å². The van der Waals surface area contributed by atoms with E-state index in [9.17, 15) is 0 Å². The Hall–Kier alpha value is 1.02. The van der Waals surface area contributed by atoms with Gasteiger partial charge in [-0.15, -0.1) is 0 Å². The van der Waals surface area contributed by atoms with Crippen LogP contribution in [0.4, 0.5) is 0 Å². The summed E-state index contributed by atoms with van der Waals surface area (Å²) in [6.45, 7) is 20.6. The smallest absolute Gasteiger partial charge is 0.668 e. The fraction of sp³-hybridized carbons (Fsp3) is 1.00.